The average molecular weight is 457 g/mol. The molecule has 1 atom stereocenters. The molecule has 4 heterocycles. The summed E-state index contributed by atoms with van der Waals surface area (Å²) in [6, 6.07) is 5.05. The van der Waals surface area contributed by atoms with Crippen molar-refractivity contribution < 1.29 is 4.79 Å². The van der Waals surface area contributed by atoms with E-state index in [2.05, 4.69) is 25.7 Å². The number of carbonyl (C=O) groups is 1. The molecule has 1 aromatic carbocycles. The van der Waals surface area contributed by atoms with Crippen LogP contribution in [0.4, 0.5) is 5.95 Å². The van der Waals surface area contributed by atoms with Gasteiger partial charge >= 0.3 is 0 Å². The number of aromatic nitrogens is 6. The largest absolute Gasteiger partial charge is 0.353 e. The van der Waals surface area contributed by atoms with Gasteiger partial charge in [-0.3, -0.25) is 9.48 Å². The number of rotatable bonds is 7. The van der Waals surface area contributed by atoms with Gasteiger partial charge in [0.25, 0.3) is 0 Å². The fraction of sp³-hybridized carbons (Fsp3) is 0.435. The monoisotopic (exact) mass is 457 g/mol. The molecule has 2 radical (unpaired) electrons. The van der Waals surface area contributed by atoms with E-state index in [9.17, 15) is 4.79 Å². The number of nitrogens with zero attached hydrogens (tertiary/aromatic N) is 7. The Morgan fingerprint density at radius 2 is 2.03 bits per heavy atom. The van der Waals surface area contributed by atoms with Gasteiger partial charge in [0.2, 0.25) is 11.9 Å². The maximum atomic E-state index is 12.8. The first-order chi connectivity index (χ1) is 16.5. The zero-order valence-corrected chi connectivity index (χ0v) is 19.5. The highest BCUT2D eigenvalue weighted by molar-refractivity contribution is 6.38. The van der Waals surface area contributed by atoms with E-state index in [0.29, 0.717) is 34.9 Å². The van der Waals surface area contributed by atoms with Crippen molar-refractivity contribution in [3.8, 4) is 11.4 Å². The van der Waals surface area contributed by atoms with Crippen molar-refractivity contribution in [2.75, 3.05) is 31.5 Å². The molecule has 0 aliphatic carbocycles. The number of aryl methyl sites for hydroxylation is 1. The number of piperidine rings is 1. The quantitative estimate of drug-likeness (QED) is 0.397. The molecule has 174 valence electrons. The Kier molecular flexibility index (Phi) is 6.19. The normalized spacial score (nSPS) is 15.6. The van der Waals surface area contributed by atoms with Crippen molar-refractivity contribution in [3.05, 3.63) is 30.6 Å². The Morgan fingerprint density at radius 3 is 2.79 bits per heavy atom. The molecular weight excluding hydrogens is 429 g/mol. The Labute approximate surface area is 199 Å². The lowest BCUT2D eigenvalue weighted by atomic mass is 9.93. The zero-order chi connectivity index (χ0) is 23.7. The second kappa shape index (κ2) is 9.42. The lowest BCUT2D eigenvalue weighted by Crippen LogP contribution is -2.42. The highest BCUT2D eigenvalue weighted by Gasteiger charge is 2.20. The maximum absolute atomic E-state index is 12.8. The molecule has 0 saturated carbocycles. The number of benzene rings is 1. The number of fused-ring (bicyclic) bond motifs is 3. The topological polar surface area (TPSA) is 105 Å². The summed E-state index contributed by atoms with van der Waals surface area (Å²) in [6.07, 6.45) is 7.33. The van der Waals surface area contributed by atoms with Gasteiger partial charge in [-0.05, 0) is 38.9 Å². The van der Waals surface area contributed by atoms with Crippen LogP contribution >= 0.6 is 0 Å². The summed E-state index contributed by atoms with van der Waals surface area (Å²) in [6.45, 7) is 5.50. The number of para-hydroxylation sites is 1. The van der Waals surface area contributed by atoms with Gasteiger partial charge in [-0.1, -0.05) is 24.0 Å². The van der Waals surface area contributed by atoms with Crippen LogP contribution < -0.4 is 16.1 Å². The molecule has 5 rings (SSSR count). The van der Waals surface area contributed by atoms with E-state index in [0.717, 1.165) is 30.6 Å². The molecule has 34 heavy (non-hydrogen) atoms. The van der Waals surface area contributed by atoms with E-state index in [1.165, 1.54) is 19.3 Å². The number of anilines is 1. The fourth-order valence-corrected chi connectivity index (χ4v) is 4.34. The fourth-order valence-electron chi connectivity index (χ4n) is 4.34. The first-order valence-electron chi connectivity index (χ1n) is 11.7. The number of amides is 1. The predicted octanol–water partition coefficient (Wildman–Crippen LogP) is 0.874. The molecule has 1 saturated heterocycles. The van der Waals surface area contributed by atoms with E-state index in [1.807, 2.05) is 25.4 Å². The molecule has 1 fully saturated rings. The molecule has 1 aliphatic heterocycles. The van der Waals surface area contributed by atoms with Crippen LogP contribution in [0.1, 0.15) is 26.2 Å². The molecule has 0 bridgehead atoms. The summed E-state index contributed by atoms with van der Waals surface area (Å²) in [5.41, 5.74) is 2.54. The van der Waals surface area contributed by atoms with Crippen LogP contribution in [0.5, 0.6) is 0 Å². The summed E-state index contributed by atoms with van der Waals surface area (Å²) in [7, 11) is 8.06. The lowest BCUT2D eigenvalue weighted by Gasteiger charge is -2.26. The van der Waals surface area contributed by atoms with Crippen LogP contribution in [-0.2, 0) is 11.8 Å². The molecule has 4 aromatic rings. The molecule has 1 amide bonds. The summed E-state index contributed by atoms with van der Waals surface area (Å²) < 4.78 is 3.33. The number of carbonyl (C=O) groups excluding carboxylic acids is 1. The lowest BCUT2D eigenvalue weighted by molar-refractivity contribution is -0.121. The molecule has 1 aliphatic rings. The minimum Gasteiger partial charge on any atom is -0.353 e. The molecule has 3 aromatic heterocycles. The van der Waals surface area contributed by atoms with Gasteiger partial charge in [0.15, 0.2) is 11.5 Å². The highest BCUT2D eigenvalue weighted by Crippen LogP contribution is 2.23. The first-order valence-corrected chi connectivity index (χ1v) is 11.7. The third kappa shape index (κ3) is 4.47. The third-order valence-corrected chi connectivity index (χ3v) is 6.21. The SMILES string of the molecule is [B]c1cccc2c1nc(N[C@H](C)C(=O)NCCN1CCCCC1)n1nc(-c3cnn(C)c3)nc21. The molecule has 0 spiro atoms. The first kappa shape index (κ1) is 22.3. The zero-order valence-electron chi connectivity index (χ0n) is 19.5. The van der Waals surface area contributed by atoms with Crippen LogP contribution in [0.15, 0.2) is 30.6 Å². The van der Waals surface area contributed by atoms with Crippen molar-refractivity contribution in [3.63, 3.8) is 0 Å². The predicted molar refractivity (Wildman–Crippen MR) is 132 cm³/mol. The third-order valence-electron chi connectivity index (χ3n) is 6.21. The molecule has 10 nitrogen and oxygen atoms in total. The van der Waals surface area contributed by atoms with Crippen LogP contribution in [0, 0.1) is 0 Å². The van der Waals surface area contributed by atoms with Crippen LogP contribution in [0.2, 0.25) is 0 Å². The number of hydrogen-bond donors (Lipinski definition) is 2. The van der Waals surface area contributed by atoms with E-state index < -0.39 is 6.04 Å². The van der Waals surface area contributed by atoms with Gasteiger partial charge in [0.1, 0.15) is 13.9 Å². The van der Waals surface area contributed by atoms with Gasteiger partial charge in [0.05, 0.1) is 17.3 Å². The smallest absolute Gasteiger partial charge is 0.242 e. The van der Waals surface area contributed by atoms with Crippen LogP contribution in [-0.4, -0.2) is 80.2 Å². The Bertz CT molecular complexity index is 1320. The molecule has 11 heteroatoms. The summed E-state index contributed by atoms with van der Waals surface area (Å²) in [5, 5.41) is 15.9. The van der Waals surface area contributed by atoms with Gasteiger partial charge in [-0.25, -0.2) is 9.97 Å². The van der Waals surface area contributed by atoms with Crippen molar-refractivity contribution >= 4 is 41.7 Å². The van der Waals surface area contributed by atoms with Gasteiger partial charge in [-0.2, -0.15) is 9.61 Å². The van der Waals surface area contributed by atoms with Crippen molar-refractivity contribution in [1.82, 2.24) is 39.6 Å². The molecular formula is C23H28BN9O. The van der Waals surface area contributed by atoms with Crippen molar-refractivity contribution in [2.24, 2.45) is 7.05 Å². The van der Waals surface area contributed by atoms with E-state index in [1.54, 1.807) is 28.4 Å². The van der Waals surface area contributed by atoms with Gasteiger partial charge in [-0.15, -0.1) is 5.10 Å². The van der Waals surface area contributed by atoms with Crippen LogP contribution in [0.3, 0.4) is 0 Å². The summed E-state index contributed by atoms with van der Waals surface area (Å²) in [4.78, 5) is 24.6. The second-order valence-electron chi connectivity index (χ2n) is 8.81. The van der Waals surface area contributed by atoms with E-state index in [4.69, 9.17) is 17.8 Å². The van der Waals surface area contributed by atoms with Crippen molar-refractivity contribution in [2.45, 2.75) is 32.2 Å². The number of likely N-dealkylation sites (tertiary alicyclic amines) is 1. The van der Waals surface area contributed by atoms with E-state index >= 15 is 0 Å². The Balaban J connectivity index is 1.40. The Morgan fingerprint density at radius 1 is 1.21 bits per heavy atom. The second-order valence-corrected chi connectivity index (χ2v) is 8.81. The van der Waals surface area contributed by atoms with E-state index in [-0.39, 0.29) is 5.91 Å². The van der Waals surface area contributed by atoms with Gasteiger partial charge < -0.3 is 15.5 Å². The Hall–Kier alpha value is -3.47. The summed E-state index contributed by atoms with van der Waals surface area (Å²) >= 11 is 0. The number of hydrogen-bond acceptors (Lipinski definition) is 7. The summed E-state index contributed by atoms with van der Waals surface area (Å²) in [5.74, 6) is 0.828. The van der Waals surface area contributed by atoms with Crippen molar-refractivity contribution in [1.29, 1.82) is 0 Å². The minimum absolute atomic E-state index is 0.0966. The number of nitrogens with one attached hydrogen (secondary N) is 2. The standard InChI is InChI=1S/C23H28BN9O/c1-15(22(34)25-9-12-32-10-4-3-5-11-32)27-23-28-19-17(7-6-8-18(19)24)21-29-20(30-33(21)23)16-13-26-31(2)14-16/h6-8,13-15H,3-5,9-12H2,1-2H3,(H,25,34)(H,27,28)/t15-/m1/s1. The highest BCUT2D eigenvalue weighted by atomic mass is 16.2. The van der Waals surface area contributed by atoms with Gasteiger partial charge in [0, 0.05) is 31.7 Å². The molecule has 2 N–H and O–H groups in total. The minimum atomic E-state index is -0.523. The maximum Gasteiger partial charge on any atom is 0.242 e. The van der Waals surface area contributed by atoms with Crippen LogP contribution in [0.25, 0.3) is 27.9 Å². The average Bonchev–Trinajstić information content (AvgIpc) is 3.47. The molecule has 0 unspecified atom stereocenters.